The van der Waals surface area contributed by atoms with Crippen molar-refractivity contribution in [2.24, 2.45) is 0 Å². The van der Waals surface area contributed by atoms with Crippen LogP contribution in [0.2, 0.25) is 13.3 Å². The number of nitrogens with zero attached hydrogens (tertiary/aromatic N) is 1. The van der Waals surface area contributed by atoms with E-state index in [9.17, 15) is 8.78 Å². The van der Waals surface area contributed by atoms with Gasteiger partial charge in [0, 0.05) is 0 Å². The van der Waals surface area contributed by atoms with E-state index in [1.165, 1.54) is 51.8 Å². The van der Waals surface area contributed by atoms with Gasteiger partial charge in [-0.2, -0.15) is 0 Å². The van der Waals surface area contributed by atoms with Crippen LogP contribution in [0.25, 0.3) is 0 Å². The summed E-state index contributed by atoms with van der Waals surface area (Å²) >= 11 is -1.06. The molecular formula is C19H33F2NSSn. The van der Waals surface area contributed by atoms with Crippen molar-refractivity contribution in [3.63, 3.8) is 0 Å². The zero-order valence-corrected chi connectivity index (χ0v) is 19.2. The second-order valence-corrected chi connectivity index (χ2v) is 22.5. The molecule has 1 aromatic rings. The Balaban J connectivity index is 2.41. The van der Waals surface area contributed by atoms with Gasteiger partial charge in [-0.25, -0.2) is 0 Å². The Labute approximate surface area is 154 Å². The fourth-order valence-electron chi connectivity index (χ4n) is 3.64. The van der Waals surface area contributed by atoms with Gasteiger partial charge in [-0.3, -0.25) is 0 Å². The molecule has 1 aliphatic rings. The van der Waals surface area contributed by atoms with Crippen molar-refractivity contribution in [2.75, 3.05) is 0 Å². The Morgan fingerprint density at radius 2 is 1.50 bits per heavy atom. The Kier molecular flexibility index (Phi) is 8.45. The molecule has 0 radical (unpaired) electrons. The minimum atomic E-state index is -2.78. The van der Waals surface area contributed by atoms with Gasteiger partial charge < -0.3 is 0 Å². The average Bonchev–Trinajstić information content (AvgIpc) is 3.33. The molecule has 0 amide bonds. The summed E-state index contributed by atoms with van der Waals surface area (Å²) in [6.07, 6.45) is 7.08. The fraction of sp³-hybridized carbons (Fsp3) is 0.842. The van der Waals surface area contributed by atoms with E-state index in [1.54, 1.807) is 11.3 Å². The van der Waals surface area contributed by atoms with E-state index in [0.29, 0.717) is 5.92 Å². The summed E-state index contributed by atoms with van der Waals surface area (Å²) in [7, 11) is 0. The third-order valence-electron chi connectivity index (χ3n) is 5.31. The molecule has 1 heterocycles. The van der Waals surface area contributed by atoms with Crippen LogP contribution in [0.4, 0.5) is 8.78 Å². The number of unbranched alkanes of at least 4 members (excludes halogenated alkanes) is 3. The van der Waals surface area contributed by atoms with Gasteiger partial charge in [0.25, 0.3) is 0 Å². The molecular weight excluding hydrogens is 431 g/mol. The Morgan fingerprint density at radius 1 is 1.00 bits per heavy atom. The quantitative estimate of drug-likeness (QED) is 0.303. The predicted octanol–water partition coefficient (Wildman–Crippen LogP) is 7.01. The molecule has 1 saturated carbocycles. The van der Waals surface area contributed by atoms with Crippen molar-refractivity contribution in [3.8, 4) is 0 Å². The maximum atomic E-state index is 13.8. The van der Waals surface area contributed by atoms with Crippen molar-refractivity contribution in [2.45, 2.75) is 97.8 Å². The molecule has 0 bridgehead atoms. The molecule has 0 N–H and O–H groups in total. The van der Waals surface area contributed by atoms with Crippen molar-refractivity contribution < 1.29 is 8.78 Å². The van der Waals surface area contributed by atoms with Gasteiger partial charge in [-0.1, -0.05) is 0 Å². The molecule has 1 fully saturated rings. The van der Waals surface area contributed by atoms with E-state index < -0.39 is 24.8 Å². The van der Waals surface area contributed by atoms with Crippen LogP contribution in [-0.2, 0) is 0 Å². The monoisotopic (exact) mass is 465 g/mol. The second-order valence-electron chi connectivity index (χ2n) is 7.43. The number of halogens is 2. The molecule has 1 aromatic heterocycles. The number of hydrogen-bond acceptors (Lipinski definition) is 2. The van der Waals surface area contributed by atoms with Gasteiger partial charge in [-0.05, 0) is 0 Å². The third-order valence-corrected chi connectivity index (χ3v) is 24.8. The van der Waals surface area contributed by atoms with Crippen LogP contribution in [-0.4, -0.2) is 23.4 Å². The molecule has 0 aliphatic heterocycles. The molecule has 0 atom stereocenters. The summed E-state index contributed by atoms with van der Waals surface area (Å²) in [5.74, 6) is 0.494. The first-order valence-corrected chi connectivity index (χ1v) is 18.2. The molecule has 1 nitrogen and oxygen atoms in total. The van der Waals surface area contributed by atoms with Crippen LogP contribution >= 0.6 is 11.3 Å². The van der Waals surface area contributed by atoms with Crippen molar-refractivity contribution in [1.29, 1.82) is 0 Å². The minimum absolute atomic E-state index is 0.209. The average molecular weight is 464 g/mol. The van der Waals surface area contributed by atoms with Crippen LogP contribution in [0, 0.1) is 0 Å². The second kappa shape index (κ2) is 9.84. The van der Waals surface area contributed by atoms with E-state index in [1.807, 2.05) is 0 Å². The van der Waals surface area contributed by atoms with Gasteiger partial charge in [-0.15, -0.1) is 0 Å². The summed E-state index contributed by atoms with van der Waals surface area (Å²) in [5.41, 5.74) is 0.209. The van der Waals surface area contributed by atoms with Gasteiger partial charge >= 0.3 is 155 Å². The van der Waals surface area contributed by atoms with E-state index in [-0.39, 0.29) is 5.69 Å². The van der Waals surface area contributed by atoms with Crippen molar-refractivity contribution in [3.05, 3.63) is 10.7 Å². The Morgan fingerprint density at radius 3 is 1.88 bits per heavy atom. The molecule has 24 heavy (non-hydrogen) atoms. The maximum absolute atomic E-state index is 13.8. The third kappa shape index (κ3) is 5.15. The van der Waals surface area contributed by atoms with Crippen LogP contribution in [0.3, 0.4) is 0 Å². The Hall–Kier alpha value is 0.289. The molecule has 5 heteroatoms. The van der Waals surface area contributed by atoms with Crippen LogP contribution < -0.4 is 2.89 Å². The summed E-state index contributed by atoms with van der Waals surface area (Å²) in [6.45, 7) is 6.69. The van der Waals surface area contributed by atoms with Crippen molar-refractivity contribution in [1.82, 2.24) is 4.98 Å². The standard InChI is InChI=1S/C7H6F2NS.3C4H9.Sn/c8-6(9)5-3-11-7(10-5)4-1-2-4;3*1-3-4-2;/h4,6H,1-2H2;3*1,3-4H2,2H3;. The first kappa shape index (κ1) is 20.6. The summed E-state index contributed by atoms with van der Waals surface area (Å²) in [4.78, 5) is 4.48. The van der Waals surface area contributed by atoms with E-state index >= 15 is 0 Å². The molecule has 1 aliphatic carbocycles. The molecule has 0 saturated heterocycles. The molecule has 138 valence electrons. The number of alkyl halides is 2. The number of aromatic nitrogens is 1. The summed E-state index contributed by atoms with van der Waals surface area (Å²) < 4.78 is 32.5. The van der Waals surface area contributed by atoms with E-state index in [4.69, 9.17) is 0 Å². The normalized spacial score (nSPS) is 15.4. The first-order valence-electron chi connectivity index (χ1n) is 9.87. The molecule has 0 spiro atoms. The van der Waals surface area contributed by atoms with Crippen molar-refractivity contribution >= 4 is 32.6 Å². The summed E-state index contributed by atoms with van der Waals surface area (Å²) in [6, 6.07) is 0. The zero-order valence-electron chi connectivity index (χ0n) is 15.5. The van der Waals surface area contributed by atoms with E-state index in [0.717, 1.165) is 20.7 Å². The SMILES string of the molecule is CCC[CH2][Sn]([CH2]CCC)([CH2]CCC)[c]1sc(C2CC2)nc1C(F)F. The fourth-order valence-corrected chi connectivity index (χ4v) is 24.6. The van der Waals surface area contributed by atoms with Gasteiger partial charge in [0.1, 0.15) is 0 Å². The number of rotatable bonds is 12. The first-order chi connectivity index (χ1) is 11.6. The molecule has 0 unspecified atom stereocenters. The molecule has 0 aromatic carbocycles. The number of hydrogen-bond donors (Lipinski definition) is 0. The van der Waals surface area contributed by atoms with Gasteiger partial charge in [0.15, 0.2) is 0 Å². The van der Waals surface area contributed by atoms with Crippen LogP contribution in [0.15, 0.2) is 0 Å². The van der Waals surface area contributed by atoms with Gasteiger partial charge in [0.05, 0.1) is 0 Å². The predicted molar refractivity (Wildman–Crippen MR) is 104 cm³/mol. The summed E-state index contributed by atoms with van der Waals surface area (Å²) in [5, 5.41) is 1.03. The Bertz CT molecular complexity index is 478. The van der Waals surface area contributed by atoms with E-state index in [2.05, 4.69) is 25.8 Å². The van der Waals surface area contributed by atoms with Crippen LogP contribution in [0.1, 0.15) is 95.2 Å². The zero-order chi connectivity index (χ0) is 17.6. The van der Waals surface area contributed by atoms with Crippen LogP contribution in [0.5, 0.6) is 0 Å². The topological polar surface area (TPSA) is 12.9 Å². The molecule has 2 rings (SSSR count). The van der Waals surface area contributed by atoms with Gasteiger partial charge in [0.2, 0.25) is 0 Å². The number of thiazole rings is 1.